The molecule has 0 aromatic heterocycles. The minimum absolute atomic E-state index is 0.252. The van der Waals surface area contributed by atoms with E-state index in [-0.39, 0.29) is 11.6 Å². The van der Waals surface area contributed by atoms with E-state index in [1.165, 1.54) is 49.9 Å². The summed E-state index contributed by atoms with van der Waals surface area (Å²) in [5, 5.41) is 9.93. The maximum Gasteiger partial charge on any atom is 0.123 e. The van der Waals surface area contributed by atoms with E-state index in [1.807, 2.05) is 0 Å². The largest absolute Gasteiger partial charge is 0.392 e. The fraction of sp³-hybridized carbons (Fsp3) is 0.571. The fourth-order valence-corrected chi connectivity index (χ4v) is 3.67. The molecule has 1 N–H and O–H groups in total. The van der Waals surface area contributed by atoms with Crippen molar-refractivity contribution in [1.29, 1.82) is 0 Å². The van der Waals surface area contributed by atoms with Crippen LogP contribution in [-0.2, 0) is 10.8 Å². The Bertz CT molecular complexity index is 399. The highest BCUT2D eigenvalue weighted by Gasteiger charge is 2.20. The van der Waals surface area contributed by atoms with Gasteiger partial charge in [-0.1, -0.05) is 25.7 Å². The van der Waals surface area contributed by atoms with Gasteiger partial charge in [-0.05, 0) is 36.6 Å². The van der Waals surface area contributed by atoms with Gasteiger partial charge in [-0.3, -0.25) is 4.21 Å². The Kier molecular flexibility index (Phi) is 4.89. The molecule has 1 aromatic carbocycles. The van der Waals surface area contributed by atoms with Crippen molar-refractivity contribution < 1.29 is 13.7 Å². The van der Waals surface area contributed by atoms with Crippen LogP contribution < -0.4 is 0 Å². The molecule has 1 fully saturated rings. The molecule has 4 heteroatoms. The first-order valence-electron chi connectivity index (χ1n) is 6.47. The Morgan fingerprint density at radius 1 is 1.28 bits per heavy atom. The minimum atomic E-state index is -1.24. The zero-order chi connectivity index (χ0) is 13.0. The molecule has 2 unspecified atom stereocenters. The number of hydrogen-bond acceptors (Lipinski definition) is 2. The monoisotopic (exact) mass is 270 g/mol. The Morgan fingerprint density at radius 2 is 1.89 bits per heavy atom. The Labute approximate surface area is 110 Å². The smallest absolute Gasteiger partial charge is 0.123 e. The highest BCUT2D eigenvalue weighted by molar-refractivity contribution is 7.85. The van der Waals surface area contributed by atoms with Crippen molar-refractivity contribution >= 4 is 10.8 Å². The molecule has 1 aromatic rings. The summed E-state index contributed by atoms with van der Waals surface area (Å²) in [6, 6.07) is 5.65. The summed E-state index contributed by atoms with van der Waals surface area (Å²) in [6.07, 6.45) is 5.09. The number of benzene rings is 1. The lowest BCUT2D eigenvalue weighted by Crippen LogP contribution is -2.19. The molecule has 1 aliphatic rings. The van der Waals surface area contributed by atoms with Gasteiger partial charge in [0.15, 0.2) is 0 Å². The number of halogens is 1. The van der Waals surface area contributed by atoms with Crippen LogP contribution in [-0.4, -0.2) is 21.2 Å². The average Bonchev–Trinajstić information content (AvgIpc) is 2.82. The van der Waals surface area contributed by atoms with Crippen LogP contribution in [0, 0.1) is 11.7 Å². The standard InChI is InChI=1S/C14H19FO2S/c15-12-5-7-14(8-6-12)18(17)10-13(16)9-11-3-1-2-4-11/h5-8,11,13,16H,1-4,9-10H2. The second-order valence-corrected chi connectivity index (χ2v) is 6.50. The summed E-state index contributed by atoms with van der Waals surface area (Å²) in [7, 11) is -1.24. The Balaban J connectivity index is 1.84. The van der Waals surface area contributed by atoms with Crippen molar-refractivity contribution in [3.8, 4) is 0 Å². The Morgan fingerprint density at radius 3 is 2.50 bits per heavy atom. The molecule has 0 heterocycles. The number of rotatable bonds is 5. The highest BCUT2D eigenvalue weighted by atomic mass is 32.2. The van der Waals surface area contributed by atoms with Crippen LogP contribution in [0.1, 0.15) is 32.1 Å². The molecule has 2 nitrogen and oxygen atoms in total. The SMILES string of the molecule is O=S(CC(O)CC1CCCC1)c1ccc(F)cc1. The van der Waals surface area contributed by atoms with Gasteiger partial charge in [-0.2, -0.15) is 0 Å². The first-order chi connectivity index (χ1) is 8.65. The quantitative estimate of drug-likeness (QED) is 0.893. The molecule has 1 saturated carbocycles. The van der Waals surface area contributed by atoms with E-state index >= 15 is 0 Å². The highest BCUT2D eigenvalue weighted by Crippen LogP contribution is 2.28. The van der Waals surface area contributed by atoms with Gasteiger partial charge in [0.1, 0.15) is 5.82 Å². The van der Waals surface area contributed by atoms with Crippen LogP contribution in [0.2, 0.25) is 0 Å². The van der Waals surface area contributed by atoms with E-state index in [1.54, 1.807) is 0 Å². The summed E-state index contributed by atoms with van der Waals surface area (Å²) >= 11 is 0. The second-order valence-electron chi connectivity index (χ2n) is 5.01. The van der Waals surface area contributed by atoms with E-state index < -0.39 is 16.9 Å². The Hall–Kier alpha value is -0.740. The molecule has 2 atom stereocenters. The molecule has 0 amide bonds. The van der Waals surface area contributed by atoms with Gasteiger partial charge in [0.2, 0.25) is 0 Å². The zero-order valence-electron chi connectivity index (χ0n) is 10.3. The van der Waals surface area contributed by atoms with Crippen LogP contribution in [0.4, 0.5) is 4.39 Å². The van der Waals surface area contributed by atoms with Crippen LogP contribution in [0.5, 0.6) is 0 Å². The zero-order valence-corrected chi connectivity index (χ0v) is 11.2. The van der Waals surface area contributed by atoms with Crippen molar-refractivity contribution in [1.82, 2.24) is 0 Å². The van der Waals surface area contributed by atoms with E-state index in [0.717, 1.165) is 6.42 Å². The molecule has 2 rings (SSSR count). The molecular formula is C14H19FO2S. The molecule has 0 saturated heterocycles. The van der Waals surface area contributed by atoms with Gasteiger partial charge in [0.05, 0.1) is 22.7 Å². The van der Waals surface area contributed by atoms with Crippen LogP contribution in [0.25, 0.3) is 0 Å². The molecule has 100 valence electrons. The van der Waals surface area contributed by atoms with E-state index in [4.69, 9.17) is 0 Å². The lowest BCUT2D eigenvalue weighted by Gasteiger charge is -2.14. The topological polar surface area (TPSA) is 37.3 Å². The van der Waals surface area contributed by atoms with Gasteiger partial charge in [-0.15, -0.1) is 0 Å². The van der Waals surface area contributed by atoms with Crippen molar-refractivity contribution in [2.75, 3.05) is 5.75 Å². The van der Waals surface area contributed by atoms with Gasteiger partial charge in [-0.25, -0.2) is 4.39 Å². The van der Waals surface area contributed by atoms with Gasteiger partial charge in [0, 0.05) is 4.90 Å². The minimum Gasteiger partial charge on any atom is -0.392 e. The van der Waals surface area contributed by atoms with Crippen LogP contribution >= 0.6 is 0 Å². The maximum absolute atomic E-state index is 12.7. The summed E-state index contributed by atoms with van der Waals surface area (Å²) in [5.41, 5.74) is 0. The number of aliphatic hydroxyl groups is 1. The normalized spacial score (nSPS) is 19.9. The first kappa shape index (κ1) is 13.7. The fourth-order valence-electron chi connectivity index (χ4n) is 2.56. The third-order valence-electron chi connectivity index (χ3n) is 3.50. The molecule has 0 aliphatic heterocycles. The molecule has 0 spiro atoms. The van der Waals surface area contributed by atoms with Crippen molar-refractivity contribution in [2.45, 2.75) is 43.1 Å². The molecule has 0 bridgehead atoms. The number of hydrogen-bond donors (Lipinski definition) is 1. The van der Waals surface area contributed by atoms with E-state index in [0.29, 0.717) is 10.8 Å². The van der Waals surface area contributed by atoms with E-state index in [2.05, 4.69) is 0 Å². The van der Waals surface area contributed by atoms with Crippen LogP contribution in [0.3, 0.4) is 0 Å². The predicted octanol–water partition coefficient (Wildman–Crippen LogP) is 2.87. The van der Waals surface area contributed by atoms with Gasteiger partial charge < -0.3 is 5.11 Å². The average molecular weight is 270 g/mol. The summed E-state index contributed by atoms with van der Waals surface area (Å²) < 4.78 is 24.7. The summed E-state index contributed by atoms with van der Waals surface area (Å²) in [4.78, 5) is 0.585. The lowest BCUT2D eigenvalue weighted by atomic mass is 10.0. The lowest BCUT2D eigenvalue weighted by molar-refractivity contribution is 0.165. The molecule has 18 heavy (non-hydrogen) atoms. The summed E-state index contributed by atoms with van der Waals surface area (Å²) in [6.45, 7) is 0. The number of aliphatic hydroxyl groups excluding tert-OH is 1. The molecular weight excluding hydrogens is 251 g/mol. The third kappa shape index (κ3) is 3.89. The molecule has 0 radical (unpaired) electrons. The predicted molar refractivity (Wildman–Crippen MR) is 70.3 cm³/mol. The third-order valence-corrected chi connectivity index (χ3v) is 4.99. The summed E-state index contributed by atoms with van der Waals surface area (Å²) in [5.74, 6) is 0.509. The van der Waals surface area contributed by atoms with Gasteiger partial charge in [0.25, 0.3) is 0 Å². The van der Waals surface area contributed by atoms with Crippen molar-refractivity contribution in [3.05, 3.63) is 30.1 Å². The maximum atomic E-state index is 12.7. The molecule has 1 aliphatic carbocycles. The first-order valence-corrected chi connectivity index (χ1v) is 7.79. The second kappa shape index (κ2) is 6.43. The van der Waals surface area contributed by atoms with Crippen molar-refractivity contribution in [2.24, 2.45) is 5.92 Å². The van der Waals surface area contributed by atoms with Crippen LogP contribution in [0.15, 0.2) is 29.2 Å². The van der Waals surface area contributed by atoms with Gasteiger partial charge >= 0.3 is 0 Å². The van der Waals surface area contributed by atoms with E-state index in [9.17, 15) is 13.7 Å². The van der Waals surface area contributed by atoms with Crippen molar-refractivity contribution in [3.63, 3.8) is 0 Å².